The molecule has 0 spiro atoms. The van der Waals surface area contributed by atoms with Crippen molar-refractivity contribution in [2.45, 2.75) is 65.7 Å². The Hall–Kier alpha value is -0.780. The summed E-state index contributed by atoms with van der Waals surface area (Å²) in [5.41, 5.74) is 3.57. The summed E-state index contributed by atoms with van der Waals surface area (Å²) >= 11 is 0. The van der Waals surface area contributed by atoms with Gasteiger partial charge < -0.3 is 0 Å². The molecule has 0 amide bonds. The maximum absolute atomic E-state index is 2.49. The third kappa shape index (κ3) is 2.54. The molecule has 2 aliphatic carbocycles. The van der Waals surface area contributed by atoms with Crippen molar-refractivity contribution in [2.24, 2.45) is 23.2 Å². The minimum absolute atomic E-state index is 0.612. The van der Waals surface area contributed by atoms with Crippen molar-refractivity contribution < 1.29 is 0 Å². The van der Waals surface area contributed by atoms with Gasteiger partial charge in [-0.1, -0.05) is 50.6 Å². The van der Waals surface area contributed by atoms with E-state index in [0.29, 0.717) is 5.41 Å². The molecule has 0 heteroatoms. The first-order valence-electron chi connectivity index (χ1n) is 8.54. The van der Waals surface area contributed by atoms with Crippen molar-refractivity contribution in [3.8, 4) is 0 Å². The molecule has 110 valence electrons. The minimum atomic E-state index is 0.612. The molecular formula is C20H30. The van der Waals surface area contributed by atoms with Crippen molar-refractivity contribution >= 4 is 0 Å². The first-order valence-corrected chi connectivity index (χ1v) is 8.54. The second-order valence-corrected chi connectivity index (χ2v) is 8.22. The Balaban J connectivity index is 1.61. The lowest BCUT2D eigenvalue weighted by molar-refractivity contribution is -0.0557. The summed E-state index contributed by atoms with van der Waals surface area (Å²) < 4.78 is 0. The second kappa shape index (κ2) is 5.20. The Morgan fingerprint density at radius 1 is 0.950 bits per heavy atom. The molecule has 0 N–H and O–H groups in total. The fourth-order valence-corrected chi connectivity index (χ4v) is 5.46. The van der Waals surface area contributed by atoms with Crippen LogP contribution in [0.3, 0.4) is 0 Å². The Morgan fingerprint density at radius 2 is 1.55 bits per heavy atom. The Bertz CT molecular complexity index is 445. The van der Waals surface area contributed by atoms with Crippen LogP contribution >= 0.6 is 0 Å². The highest BCUT2D eigenvalue weighted by molar-refractivity contribution is 5.25. The molecule has 0 radical (unpaired) electrons. The van der Waals surface area contributed by atoms with E-state index in [-0.39, 0.29) is 0 Å². The quantitative estimate of drug-likeness (QED) is 0.623. The van der Waals surface area contributed by atoms with E-state index in [1.165, 1.54) is 37.7 Å². The van der Waals surface area contributed by atoms with Gasteiger partial charge in [0.25, 0.3) is 0 Å². The zero-order valence-electron chi connectivity index (χ0n) is 13.7. The number of benzene rings is 1. The van der Waals surface area contributed by atoms with Gasteiger partial charge in [0.1, 0.15) is 0 Å². The van der Waals surface area contributed by atoms with Crippen LogP contribution < -0.4 is 0 Å². The van der Waals surface area contributed by atoms with Crippen LogP contribution in [0.4, 0.5) is 0 Å². The van der Waals surface area contributed by atoms with E-state index in [1.54, 1.807) is 5.56 Å². The number of rotatable bonds is 2. The van der Waals surface area contributed by atoms with Crippen molar-refractivity contribution in [3.63, 3.8) is 0 Å². The summed E-state index contributed by atoms with van der Waals surface area (Å²) in [6, 6.07) is 9.27. The molecule has 0 bridgehead atoms. The predicted molar refractivity (Wildman–Crippen MR) is 86.9 cm³/mol. The number of hydrogen-bond acceptors (Lipinski definition) is 0. The van der Waals surface area contributed by atoms with Gasteiger partial charge in [0, 0.05) is 0 Å². The molecule has 0 aromatic heterocycles. The number of aryl methyl sites for hydroxylation is 1. The lowest BCUT2D eigenvalue weighted by Gasteiger charge is -2.55. The lowest BCUT2D eigenvalue weighted by atomic mass is 9.50. The summed E-state index contributed by atoms with van der Waals surface area (Å²) in [6.07, 6.45) is 7.17. The Labute approximate surface area is 125 Å². The van der Waals surface area contributed by atoms with E-state index in [2.05, 4.69) is 52.0 Å². The van der Waals surface area contributed by atoms with Crippen LogP contribution in [0.2, 0.25) is 0 Å². The molecule has 0 saturated heterocycles. The van der Waals surface area contributed by atoms with Gasteiger partial charge in [0.2, 0.25) is 0 Å². The zero-order chi connectivity index (χ0) is 14.3. The highest BCUT2D eigenvalue weighted by atomic mass is 14.5. The molecule has 0 heterocycles. The van der Waals surface area contributed by atoms with Crippen molar-refractivity contribution in [2.75, 3.05) is 0 Å². The lowest BCUT2D eigenvalue weighted by Crippen LogP contribution is -2.47. The van der Waals surface area contributed by atoms with Crippen molar-refractivity contribution in [1.82, 2.24) is 0 Å². The van der Waals surface area contributed by atoms with Crippen LogP contribution in [0, 0.1) is 30.1 Å². The Kier molecular flexibility index (Phi) is 3.69. The van der Waals surface area contributed by atoms with Gasteiger partial charge in [0.15, 0.2) is 0 Å². The van der Waals surface area contributed by atoms with Crippen LogP contribution in [0.5, 0.6) is 0 Å². The van der Waals surface area contributed by atoms with Crippen LogP contribution in [-0.4, -0.2) is 0 Å². The van der Waals surface area contributed by atoms with E-state index in [9.17, 15) is 0 Å². The van der Waals surface area contributed by atoms with E-state index in [0.717, 1.165) is 23.7 Å². The molecule has 0 nitrogen and oxygen atoms in total. The molecule has 1 aromatic rings. The van der Waals surface area contributed by atoms with Gasteiger partial charge >= 0.3 is 0 Å². The minimum Gasteiger partial charge on any atom is -0.0622 e. The highest BCUT2D eigenvalue weighted by Gasteiger charge is 2.48. The first kappa shape index (κ1) is 14.2. The van der Waals surface area contributed by atoms with Crippen molar-refractivity contribution in [3.05, 3.63) is 35.4 Å². The molecule has 2 unspecified atom stereocenters. The summed E-state index contributed by atoms with van der Waals surface area (Å²) in [7, 11) is 0. The average molecular weight is 270 g/mol. The highest BCUT2D eigenvalue weighted by Crippen LogP contribution is 2.57. The molecular weight excluding hydrogens is 240 g/mol. The fourth-order valence-electron chi connectivity index (χ4n) is 5.46. The molecule has 2 atom stereocenters. The smallest absolute Gasteiger partial charge is 0.0162 e. The maximum Gasteiger partial charge on any atom is -0.0162 e. The van der Waals surface area contributed by atoms with E-state index in [4.69, 9.17) is 0 Å². The van der Waals surface area contributed by atoms with E-state index >= 15 is 0 Å². The average Bonchev–Trinajstić information content (AvgIpc) is 2.39. The van der Waals surface area contributed by atoms with Crippen LogP contribution in [0.15, 0.2) is 24.3 Å². The fraction of sp³-hybridized carbons (Fsp3) is 0.700. The zero-order valence-corrected chi connectivity index (χ0v) is 13.7. The van der Waals surface area contributed by atoms with Gasteiger partial charge in [-0.3, -0.25) is 0 Å². The summed E-state index contributed by atoms with van der Waals surface area (Å²) in [5, 5.41) is 0. The third-order valence-electron chi connectivity index (χ3n) is 6.19. The SMILES string of the molecule is Cc1ccc(C2CCC(C3C(C)CC3(C)C)CC2)cc1. The van der Waals surface area contributed by atoms with E-state index in [1.807, 2.05) is 0 Å². The molecule has 3 rings (SSSR count). The predicted octanol–water partition coefficient (Wildman–Crippen LogP) is 5.95. The molecule has 2 fully saturated rings. The first-order chi connectivity index (χ1) is 9.47. The van der Waals surface area contributed by atoms with Gasteiger partial charge in [-0.15, -0.1) is 0 Å². The van der Waals surface area contributed by atoms with Gasteiger partial charge in [0.05, 0.1) is 0 Å². The van der Waals surface area contributed by atoms with Crippen LogP contribution in [0.1, 0.15) is 69.9 Å². The summed E-state index contributed by atoms with van der Waals surface area (Å²) in [4.78, 5) is 0. The third-order valence-corrected chi connectivity index (χ3v) is 6.19. The number of hydrogen-bond donors (Lipinski definition) is 0. The maximum atomic E-state index is 2.49. The standard InChI is InChI=1S/C20H30/c1-14-5-7-16(8-6-14)17-9-11-18(12-10-17)19-15(2)13-20(19,3)4/h5-8,15,17-19H,9-13H2,1-4H3. The normalized spacial score (nSPS) is 36.4. The largest absolute Gasteiger partial charge is 0.0622 e. The van der Waals surface area contributed by atoms with Gasteiger partial charge in [-0.05, 0) is 73.7 Å². The topological polar surface area (TPSA) is 0 Å². The summed E-state index contributed by atoms with van der Waals surface area (Å²) in [6.45, 7) is 9.64. The molecule has 2 aliphatic rings. The Morgan fingerprint density at radius 3 is 2.05 bits per heavy atom. The monoisotopic (exact) mass is 270 g/mol. The molecule has 1 aromatic carbocycles. The van der Waals surface area contributed by atoms with Gasteiger partial charge in [-0.25, -0.2) is 0 Å². The van der Waals surface area contributed by atoms with E-state index < -0.39 is 0 Å². The molecule has 20 heavy (non-hydrogen) atoms. The van der Waals surface area contributed by atoms with Crippen LogP contribution in [-0.2, 0) is 0 Å². The molecule has 2 saturated carbocycles. The molecule has 0 aliphatic heterocycles. The van der Waals surface area contributed by atoms with Gasteiger partial charge in [-0.2, -0.15) is 0 Å². The second-order valence-electron chi connectivity index (χ2n) is 8.22. The summed E-state index contributed by atoms with van der Waals surface area (Å²) in [5.74, 6) is 3.77. The van der Waals surface area contributed by atoms with Crippen molar-refractivity contribution in [1.29, 1.82) is 0 Å². The van der Waals surface area contributed by atoms with Crippen LogP contribution in [0.25, 0.3) is 0 Å².